The molecule has 0 radical (unpaired) electrons. The first-order valence-corrected chi connectivity index (χ1v) is 11.6. The summed E-state index contributed by atoms with van der Waals surface area (Å²) in [6.07, 6.45) is 0.669. The predicted molar refractivity (Wildman–Crippen MR) is 139 cm³/mol. The maximum atomic E-state index is 13.0. The van der Waals surface area contributed by atoms with E-state index >= 15 is 0 Å². The van der Waals surface area contributed by atoms with E-state index in [9.17, 15) is 9.59 Å². The third-order valence-corrected chi connectivity index (χ3v) is 6.46. The molecular weight excluding hydrogens is 422 g/mol. The number of hydrogen-bond acceptors (Lipinski definition) is 4. The Morgan fingerprint density at radius 1 is 0.794 bits per heavy atom. The van der Waals surface area contributed by atoms with Crippen molar-refractivity contribution in [2.24, 2.45) is 0 Å². The Bertz CT molecular complexity index is 1340. The predicted octanol–water partition coefficient (Wildman–Crippen LogP) is 5.96. The molecule has 5 rings (SSSR count). The molecule has 0 aliphatic carbocycles. The topological polar surface area (TPSA) is 61.4 Å². The second-order valence-electron chi connectivity index (χ2n) is 8.61. The summed E-state index contributed by atoms with van der Waals surface area (Å²) in [4.78, 5) is 27.4. The molecule has 1 aliphatic rings. The molecule has 2 amide bonds. The van der Waals surface area contributed by atoms with Gasteiger partial charge in [-0.05, 0) is 71.8 Å². The lowest BCUT2D eigenvalue weighted by Crippen LogP contribution is -2.41. The summed E-state index contributed by atoms with van der Waals surface area (Å²) in [5.41, 5.74) is 6.91. The Balaban J connectivity index is 1.20. The molecule has 0 saturated carbocycles. The van der Waals surface area contributed by atoms with Crippen LogP contribution in [-0.4, -0.2) is 36.9 Å². The largest absolute Gasteiger partial charge is 0.388 e. The van der Waals surface area contributed by atoms with Crippen LogP contribution in [-0.2, 0) is 0 Å². The van der Waals surface area contributed by atoms with E-state index in [4.69, 9.17) is 0 Å². The number of carbonyl (C=O) groups excluding carboxylic acids is 2. The van der Waals surface area contributed by atoms with Crippen molar-refractivity contribution in [3.05, 3.63) is 95.6 Å². The minimum Gasteiger partial charge on any atom is -0.388 e. The van der Waals surface area contributed by atoms with Gasteiger partial charge >= 0.3 is 0 Å². The number of amides is 2. The van der Waals surface area contributed by atoms with Gasteiger partial charge in [-0.2, -0.15) is 0 Å². The summed E-state index contributed by atoms with van der Waals surface area (Å²) < 4.78 is 0. The van der Waals surface area contributed by atoms with Gasteiger partial charge in [-0.15, -0.1) is 0 Å². The van der Waals surface area contributed by atoms with Crippen LogP contribution in [0.1, 0.15) is 32.7 Å². The van der Waals surface area contributed by atoms with Crippen molar-refractivity contribution >= 4 is 34.0 Å². The molecule has 1 heterocycles. The molecule has 170 valence electrons. The number of anilines is 2. The van der Waals surface area contributed by atoms with Gasteiger partial charge in [0.25, 0.3) is 11.8 Å². The molecule has 4 aromatic rings. The van der Waals surface area contributed by atoms with E-state index in [1.165, 1.54) is 16.0 Å². The number of benzene rings is 4. The second kappa shape index (κ2) is 9.02. The maximum Gasteiger partial charge on any atom is 0.261 e. The number of aryl methyl sites for hydroxylation is 1. The average Bonchev–Trinajstić information content (AvgIpc) is 2.87. The highest BCUT2D eigenvalue weighted by molar-refractivity contribution is 6.25. The number of carbonyl (C=O) groups is 2. The lowest BCUT2D eigenvalue weighted by atomic mass is 9.94. The van der Waals surface area contributed by atoms with Crippen LogP contribution in [0.25, 0.3) is 21.9 Å². The third kappa shape index (κ3) is 3.90. The summed E-state index contributed by atoms with van der Waals surface area (Å²) in [7, 11) is 1.93. The highest BCUT2D eigenvalue weighted by atomic mass is 16.2. The molecule has 0 saturated heterocycles. The molecule has 34 heavy (non-hydrogen) atoms. The van der Waals surface area contributed by atoms with Gasteiger partial charge in [-0.25, -0.2) is 0 Å². The zero-order valence-electron chi connectivity index (χ0n) is 19.4. The minimum atomic E-state index is -0.210. The van der Waals surface area contributed by atoms with Crippen LogP contribution in [0.3, 0.4) is 0 Å². The Morgan fingerprint density at radius 3 is 2.06 bits per heavy atom. The molecule has 0 aromatic heterocycles. The smallest absolute Gasteiger partial charge is 0.261 e. The van der Waals surface area contributed by atoms with E-state index in [0.717, 1.165) is 27.7 Å². The van der Waals surface area contributed by atoms with Crippen LogP contribution < -0.4 is 10.6 Å². The van der Waals surface area contributed by atoms with Crippen molar-refractivity contribution in [1.29, 1.82) is 0 Å². The van der Waals surface area contributed by atoms with E-state index in [-0.39, 0.29) is 11.8 Å². The van der Waals surface area contributed by atoms with Gasteiger partial charge in [0.1, 0.15) is 0 Å². The molecule has 0 unspecified atom stereocenters. The van der Waals surface area contributed by atoms with E-state index in [1.54, 1.807) is 12.1 Å². The number of rotatable bonds is 7. The monoisotopic (exact) mass is 449 g/mol. The summed E-state index contributed by atoms with van der Waals surface area (Å²) >= 11 is 0. The highest BCUT2D eigenvalue weighted by Crippen LogP contribution is 2.30. The van der Waals surface area contributed by atoms with Gasteiger partial charge in [-0.1, -0.05) is 42.5 Å². The minimum absolute atomic E-state index is 0.210. The fraction of sp³-hybridized carbons (Fsp3) is 0.172. The van der Waals surface area contributed by atoms with Crippen molar-refractivity contribution in [2.75, 3.05) is 30.8 Å². The standard InChI is InChI=1S/C29H27N3O2/c1-19-18-22(12-15-26(19)30-2)20-10-13-23(14-11-20)31-16-5-17-32-28(33)24-8-3-6-21-7-4-9-25(27(21)24)29(32)34/h3-4,6-15,18,30-31H,5,16-17H2,1-2H3. The first kappa shape index (κ1) is 21.7. The van der Waals surface area contributed by atoms with Gasteiger partial charge in [-0.3, -0.25) is 14.5 Å². The first-order valence-electron chi connectivity index (χ1n) is 11.6. The van der Waals surface area contributed by atoms with Gasteiger partial charge in [0.2, 0.25) is 0 Å². The van der Waals surface area contributed by atoms with E-state index in [2.05, 4.69) is 60.0 Å². The van der Waals surface area contributed by atoms with Gasteiger partial charge in [0.15, 0.2) is 0 Å². The van der Waals surface area contributed by atoms with Crippen molar-refractivity contribution in [2.45, 2.75) is 13.3 Å². The molecule has 0 spiro atoms. The number of imide groups is 1. The third-order valence-electron chi connectivity index (χ3n) is 6.46. The molecule has 5 heteroatoms. The van der Waals surface area contributed by atoms with Crippen LogP contribution in [0, 0.1) is 6.92 Å². The lowest BCUT2D eigenvalue weighted by molar-refractivity contribution is 0.0610. The van der Waals surface area contributed by atoms with Crippen LogP contribution in [0.5, 0.6) is 0 Å². The zero-order chi connectivity index (χ0) is 23.7. The second-order valence-corrected chi connectivity index (χ2v) is 8.61. The Kier molecular flexibility index (Phi) is 5.76. The molecule has 0 bridgehead atoms. The molecular formula is C29H27N3O2. The summed E-state index contributed by atoms with van der Waals surface area (Å²) in [6, 6.07) is 25.9. The first-order chi connectivity index (χ1) is 16.6. The highest BCUT2D eigenvalue weighted by Gasteiger charge is 2.31. The fourth-order valence-electron chi connectivity index (χ4n) is 4.66. The summed E-state index contributed by atoms with van der Waals surface area (Å²) in [5.74, 6) is -0.420. The molecule has 0 fully saturated rings. The van der Waals surface area contributed by atoms with Crippen molar-refractivity contribution in [3.8, 4) is 11.1 Å². The molecule has 1 aliphatic heterocycles. The lowest BCUT2D eigenvalue weighted by Gasteiger charge is -2.27. The van der Waals surface area contributed by atoms with Crippen LogP contribution in [0.2, 0.25) is 0 Å². The van der Waals surface area contributed by atoms with E-state index in [0.29, 0.717) is 30.6 Å². The van der Waals surface area contributed by atoms with Gasteiger partial charge < -0.3 is 10.6 Å². The molecule has 4 aromatic carbocycles. The van der Waals surface area contributed by atoms with Gasteiger partial charge in [0, 0.05) is 48.0 Å². The van der Waals surface area contributed by atoms with Crippen LogP contribution in [0.15, 0.2) is 78.9 Å². The molecule has 0 atom stereocenters. The number of hydrogen-bond donors (Lipinski definition) is 2. The van der Waals surface area contributed by atoms with Crippen LogP contribution >= 0.6 is 0 Å². The van der Waals surface area contributed by atoms with E-state index < -0.39 is 0 Å². The maximum absolute atomic E-state index is 13.0. The molecule has 5 nitrogen and oxygen atoms in total. The summed E-state index contributed by atoms with van der Waals surface area (Å²) in [6.45, 7) is 3.14. The Labute approximate surface area is 199 Å². The molecule has 2 N–H and O–H groups in total. The zero-order valence-corrected chi connectivity index (χ0v) is 19.4. The fourth-order valence-corrected chi connectivity index (χ4v) is 4.66. The normalized spacial score (nSPS) is 12.8. The number of nitrogens with zero attached hydrogens (tertiary/aromatic N) is 1. The van der Waals surface area contributed by atoms with E-state index in [1.807, 2.05) is 31.3 Å². The SMILES string of the molecule is CNc1ccc(-c2ccc(NCCCN3C(=O)c4cccc5cccc(c45)C3=O)cc2)cc1C. The average molecular weight is 450 g/mol. The van der Waals surface area contributed by atoms with Crippen LogP contribution in [0.4, 0.5) is 11.4 Å². The quantitative estimate of drug-likeness (QED) is 0.270. The van der Waals surface area contributed by atoms with Crippen molar-refractivity contribution in [3.63, 3.8) is 0 Å². The van der Waals surface area contributed by atoms with Gasteiger partial charge in [0.05, 0.1) is 0 Å². The number of nitrogens with one attached hydrogen (secondary N) is 2. The Hall–Kier alpha value is -4.12. The Morgan fingerprint density at radius 2 is 1.44 bits per heavy atom. The van der Waals surface area contributed by atoms with Crippen molar-refractivity contribution in [1.82, 2.24) is 4.90 Å². The summed E-state index contributed by atoms with van der Waals surface area (Å²) in [5, 5.41) is 8.29. The van der Waals surface area contributed by atoms with Crippen molar-refractivity contribution < 1.29 is 9.59 Å².